The molecule has 1 amide bonds. The van der Waals surface area contributed by atoms with Gasteiger partial charge in [-0.25, -0.2) is 0 Å². The van der Waals surface area contributed by atoms with E-state index in [9.17, 15) is 4.79 Å². The Hall–Kier alpha value is -2.33. The normalized spacial score (nSPS) is 13.6. The number of nitrogens with one attached hydrogen (secondary N) is 2. The second-order valence-electron chi connectivity index (χ2n) is 5.39. The number of amides is 1. The third-order valence-electron chi connectivity index (χ3n) is 3.91. The summed E-state index contributed by atoms with van der Waals surface area (Å²) in [5.41, 5.74) is 11.6. The average Bonchev–Trinajstić information content (AvgIpc) is 2.47. The zero-order valence-electron chi connectivity index (χ0n) is 12.1. The average molecular weight is 281 g/mol. The minimum atomic E-state index is -0.387. The zero-order chi connectivity index (χ0) is 14.8. The fourth-order valence-corrected chi connectivity index (χ4v) is 2.82. The molecule has 0 saturated carbocycles. The molecule has 0 saturated heterocycles. The molecule has 1 heterocycles. The summed E-state index contributed by atoms with van der Waals surface area (Å²) in [6, 6.07) is 12.0. The maximum atomic E-state index is 11.3. The van der Waals surface area contributed by atoms with Crippen LogP contribution in [0.25, 0.3) is 0 Å². The van der Waals surface area contributed by atoms with E-state index in [4.69, 9.17) is 5.73 Å². The summed E-state index contributed by atoms with van der Waals surface area (Å²) in [5.74, 6) is -0.387. The lowest BCUT2D eigenvalue weighted by atomic mass is 9.98. The Morgan fingerprint density at radius 2 is 2.14 bits per heavy atom. The number of primary amides is 1. The smallest absolute Gasteiger partial charge is 0.248 e. The molecule has 0 spiro atoms. The van der Waals surface area contributed by atoms with Crippen molar-refractivity contribution in [3.63, 3.8) is 0 Å². The molecule has 1 aliphatic rings. The van der Waals surface area contributed by atoms with Gasteiger partial charge in [0.25, 0.3) is 0 Å². The minimum absolute atomic E-state index is 0.387. The Morgan fingerprint density at radius 3 is 2.90 bits per heavy atom. The molecular formula is C17H19N3O. The monoisotopic (exact) mass is 281 g/mol. The van der Waals surface area contributed by atoms with E-state index in [1.165, 1.54) is 11.1 Å². The van der Waals surface area contributed by atoms with Gasteiger partial charge < -0.3 is 16.4 Å². The number of rotatable bonds is 3. The molecule has 108 valence electrons. The van der Waals surface area contributed by atoms with E-state index in [2.05, 4.69) is 28.8 Å². The zero-order valence-corrected chi connectivity index (χ0v) is 12.1. The summed E-state index contributed by atoms with van der Waals surface area (Å²) in [4.78, 5) is 11.3. The lowest BCUT2D eigenvalue weighted by Gasteiger charge is -2.21. The van der Waals surface area contributed by atoms with Gasteiger partial charge in [0.15, 0.2) is 0 Å². The highest BCUT2D eigenvalue weighted by molar-refractivity contribution is 5.94. The van der Waals surface area contributed by atoms with Gasteiger partial charge in [-0.15, -0.1) is 0 Å². The molecule has 4 N–H and O–H groups in total. The topological polar surface area (TPSA) is 67.2 Å². The van der Waals surface area contributed by atoms with Crippen molar-refractivity contribution in [2.24, 2.45) is 5.73 Å². The largest absolute Gasteiger partial charge is 0.366 e. The number of carbonyl (C=O) groups excluding carboxylic acids is 1. The first-order chi connectivity index (χ1) is 10.1. The van der Waals surface area contributed by atoms with E-state index in [0.29, 0.717) is 5.56 Å². The van der Waals surface area contributed by atoms with Gasteiger partial charge in [0.05, 0.1) is 0 Å². The van der Waals surface area contributed by atoms with Crippen LogP contribution in [0.5, 0.6) is 0 Å². The summed E-state index contributed by atoms with van der Waals surface area (Å²) in [5, 5.41) is 6.84. The first-order valence-corrected chi connectivity index (χ1v) is 7.14. The first-order valence-electron chi connectivity index (χ1n) is 7.14. The third kappa shape index (κ3) is 2.76. The highest BCUT2D eigenvalue weighted by atomic mass is 16.1. The van der Waals surface area contributed by atoms with E-state index in [-0.39, 0.29) is 5.91 Å². The summed E-state index contributed by atoms with van der Waals surface area (Å²) in [7, 11) is 0. The minimum Gasteiger partial charge on any atom is -0.366 e. The van der Waals surface area contributed by atoms with Gasteiger partial charge in [-0.05, 0) is 60.8 Å². The van der Waals surface area contributed by atoms with Crippen molar-refractivity contribution >= 4 is 17.3 Å². The highest BCUT2D eigenvalue weighted by Gasteiger charge is 2.13. The molecule has 0 unspecified atom stereocenters. The van der Waals surface area contributed by atoms with Crippen LogP contribution in [0, 0.1) is 6.92 Å². The van der Waals surface area contributed by atoms with Crippen molar-refractivity contribution in [1.29, 1.82) is 0 Å². The number of hydrogen-bond acceptors (Lipinski definition) is 3. The number of fused-ring (bicyclic) bond motifs is 1. The van der Waals surface area contributed by atoms with Crippen LogP contribution >= 0.6 is 0 Å². The predicted octanol–water partition coefficient (Wildman–Crippen LogP) is 2.48. The van der Waals surface area contributed by atoms with Crippen molar-refractivity contribution in [1.82, 2.24) is 5.32 Å². The molecule has 2 aromatic rings. The van der Waals surface area contributed by atoms with Gasteiger partial charge in [-0.1, -0.05) is 12.1 Å². The van der Waals surface area contributed by atoms with Gasteiger partial charge in [0.2, 0.25) is 5.91 Å². The molecule has 4 heteroatoms. The van der Waals surface area contributed by atoms with Crippen LogP contribution in [-0.2, 0) is 13.0 Å². The number of benzene rings is 2. The standard InChI is InChI=1S/C17H19N3O/c1-11-9-13(5-6-14(11)17(18)21)20-16-4-2-3-12-10-19-8-7-15(12)16/h2-6,9,19-20H,7-8,10H2,1H3,(H2,18,21). The van der Waals surface area contributed by atoms with Crippen molar-refractivity contribution in [2.75, 3.05) is 11.9 Å². The van der Waals surface area contributed by atoms with E-state index < -0.39 is 0 Å². The number of anilines is 2. The van der Waals surface area contributed by atoms with Gasteiger partial charge in [0.1, 0.15) is 0 Å². The summed E-state index contributed by atoms with van der Waals surface area (Å²) in [6.45, 7) is 3.82. The van der Waals surface area contributed by atoms with E-state index in [1.807, 2.05) is 19.1 Å². The molecule has 0 bridgehead atoms. The number of aryl methyl sites for hydroxylation is 1. The molecule has 3 rings (SSSR count). The van der Waals surface area contributed by atoms with Gasteiger partial charge >= 0.3 is 0 Å². The number of hydrogen-bond donors (Lipinski definition) is 3. The summed E-state index contributed by atoms with van der Waals surface area (Å²) >= 11 is 0. The molecule has 0 fully saturated rings. The number of nitrogens with two attached hydrogens (primary N) is 1. The number of carbonyl (C=O) groups is 1. The van der Waals surface area contributed by atoms with Crippen molar-refractivity contribution in [2.45, 2.75) is 19.9 Å². The van der Waals surface area contributed by atoms with Crippen LogP contribution in [0.3, 0.4) is 0 Å². The Labute approximate surface area is 124 Å². The van der Waals surface area contributed by atoms with Crippen LogP contribution < -0.4 is 16.4 Å². The fourth-order valence-electron chi connectivity index (χ4n) is 2.82. The summed E-state index contributed by atoms with van der Waals surface area (Å²) < 4.78 is 0. The second kappa shape index (κ2) is 5.58. The Kier molecular flexibility index (Phi) is 3.62. The molecule has 4 nitrogen and oxygen atoms in total. The Balaban J connectivity index is 1.91. The molecular weight excluding hydrogens is 262 g/mol. The van der Waals surface area contributed by atoms with Crippen LogP contribution in [0.4, 0.5) is 11.4 Å². The maximum absolute atomic E-state index is 11.3. The molecule has 1 aliphatic heterocycles. The van der Waals surface area contributed by atoms with Gasteiger partial charge in [0, 0.05) is 23.5 Å². The van der Waals surface area contributed by atoms with E-state index >= 15 is 0 Å². The molecule has 0 aliphatic carbocycles. The lowest BCUT2D eigenvalue weighted by molar-refractivity contribution is 0.1000. The molecule has 0 aromatic heterocycles. The highest BCUT2D eigenvalue weighted by Crippen LogP contribution is 2.27. The fraction of sp³-hybridized carbons (Fsp3) is 0.235. The van der Waals surface area contributed by atoms with Crippen LogP contribution in [0.2, 0.25) is 0 Å². The van der Waals surface area contributed by atoms with Gasteiger partial charge in [-0.3, -0.25) is 4.79 Å². The van der Waals surface area contributed by atoms with Crippen LogP contribution in [0.15, 0.2) is 36.4 Å². The van der Waals surface area contributed by atoms with Crippen LogP contribution in [0.1, 0.15) is 27.0 Å². The molecule has 2 aromatic carbocycles. The predicted molar refractivity (Wildman–Crippen MR) is 84.8 cm³/mol. The van der Waals surface area contributed by atoms with E-state index in [0.717, 1.165) is 36.4 Å². The third-order valence-corrected chi connectivity index (χ3v) is 3.91. The van der Waals surface area contributed by atoms with Crippen molar-refractivity contribution in [3.8, 4) is 0 Å². The maximum Gasteiger partial charge on any atom is 0.248 e. The lowest BCUT2D eigenvalue weighted by Crippen LogP contribution is -2.24. The van der Waals surface area contributed by atoms with Gasteiger partial charge in [-0.2, -0.15) is 0 Å². The van der Waals surface area contributed by atoms with Crippen molar-refractivity contribution < 1.29 is 4.79 Å². The second-order valence-corrected chi connectivity index (χ2v) is 5.39. The van der Waals surface area contributed by atoms with E-state index in [1.54, 1.807) is 6.07 Å². The SMILES string of the molecule is Cc1cc(Nc2cccc3c2CCNC3)ccc1C(N)=O. The molecule has 0 atom stereocenters. The molecule has 21 heavy (non-hydrogen) atoms. The first kappa shape index (κ1) is 13.6. The molecule has 0 radical (unpaired) electrons. The van der Waals surface area contributed by atoms with Crippen molar-refractivity contribution in [3.05, 3.63) is 58.7 Å². The van der Waals surface area contributed by atoms with Crippen LogP contribution in [-0.4, -0.2) is 12.5 Å². The Morgan fingerprint density at radius 1 is 1.29 bits per heavy atom. The summed E-state index contributed by atoms with van der Waals surface area (Å²) in [6.07, 6.45) is 1.02. The quantitative estimate of drug-likeness (QED) is 0.809. The Bertz CT molecular complexity index is 694.